The second-order valence-electron chi connectivity index (χ2n) is 10.7. The molecule has 0 N–H and O–H groups in total. The van der Waals surface area contributed by atoms with E-state index in [9.17, 15) is 4.79 Å². The summed E-state index contributed by atoms with van der Waals surface area (Å²) in [6, 6.07) is 27.7. The zero-order valence-corrected chi connectivity index (χ0v) is 24.8. The molecule has 3 rings (SSSR count). The van der Waals surface area contributed by atoms with Gasteiger partial charge in [0.25, 0.3) is 0 Å². The Balaban J connectivity index is 1.50. The van der Waals surface area contributed by atoms with Gasteiger partial charge in [0.05, 0.1) is 6.61 Å². The van der Waals surface area contributed by atoms with Crippen molar-refractivity contribution in [2.45, 2.75) is 97.3 Å². The van der Waals surface area contributed by atoms with Crippen LogP contribution < -0.4 is 4.90 Å². The summed E-state index contributed by atoms with van der Waals surface area (Å²) in [4.78, 5) is 13.9. The number of esters is 1. The largest absolute Gasteiger partial charge is 0.463 e. The Bertz CT molecular complexity index is 1100. The summed E-state index contributed by atoms with van der Waals surface area (Å²) in [6.45, 7) is 4.48. The van der Waals surface area contributed by atoms with Crippen molar-refractivity contribution in [1.82, 2.24) is 0 Å². The van der Waals surface area contributed by atoms with Gasteiger partial charge in [-0.15, -0.1) is 0 Å². The summed E-state index contributed by atoms with van der Waals surface area (Å²) in [5.41, 5.74) is 5.70. The van der Waals surface area contributed by atoms with Gasteiger partial charge in [0.2, 0.25) is 0 Å². The third-order valence-corrected chi connectivity index (χ3v) is 7.38. The number of ether oxygens (including phenoxy) is 1. The number of benzene rings is 3. The second kappa shape index (κ2) is 18.9. The molecule has 0 bridgehead atoms. The molecule has 0 aliphatic heterocycles. The molecule has 3 aromatic carbocycles. The normalized spacial score (nSPS) is 11.2. The highest BCUT2D eigenvalue weighted by atomic mass is 16.5. The average Bonchev–Trinajstić information content (AvgIpc) is 2.99. The van der Waals surface area contributed by atoms with Crippen molar-refractivity contribution < 1.29 is 9.53 Å². The number of unbranched alkanes of at least 4 members (excludes halogenated alkanes) is 11. The number of para-hydroxylation sites is 1. The van der Waals surface area contributed by atoms with Crippen LogP contribution in [0.4, 0.5) is 17.1 Å². The van der Waals surface area contributed by atoms with E-state index < -0.39 is 0 Å². The van der Waals surface area contributed by atoms with Gasteiger partial charge in [-0.1, -0.05) is 120 Å². The Morgan fingerprint density at radius 3 is 1.68 bits per heavy atom. The third-order valence-electron chi connectivity index (χ3n) is 7.38. The average molecular weight is 540 g/mol. The molecule has 3 nitrogen and oxygen atoms in total. The van der Waals surface area contributed by atoms with Crippen molar-refractivity contribution in [2.24, 2.45) is 0 Å². The molecule has 0 spiro atoms. The van der Waals surface area contributed by atoms with E-state index in [1.807, 2.05) is 25.1 Å². The van der Waals surface area contributed by atoms with Crippen LogP contribution in [0.1, 0.15) is 102 Å². The summed E-state index contributed by atoms with van der Waals surface area (Å²) in [5.74, 6) is -0.318. The van der Waals surface area contributed by atoms with Gasteiger partial charge in [-0.3, -0.25) is 0 Å². The van der Waals surface area contributed by atoms with Crippen molar-refractivity contribution in [3.63, 3.8) is 0 Å². The summed E-state index contributed by atoms with van der Waals surface area (Å²) < 4.78 is 4.98. The number of aryl methyl sites for hydroxylation is 1. The Morgan fingerprint density at radius 1 is 0.625 bits per heavy atom. The third kappa shape index (κ3) is 11.4. The molecule has 3 heteroatoms. The van der Waals surface area contributed by atoms with Gasteiger partial charge in [-0.05, 0) is 73.4 Å². The van der Waals surface area contributed by atoms with E-state index in [1.54, 1.807) is 6.08 Å². The van der Waals surface area contributed by atoms with Crippen molar-refractivity contribution >= 4 is 29.1 Å². The predicted molar refractivity (Wildman–Crippen MR) is 172 cm³/mol. The van der Waals surface area contributed by atoms with Crippen LogP contribution in [0.25, 0.3) is 6.08 Å². The molecule has 0 saturated heterocycles. The van der Waals surface area contributed by atoms with E-state index in [-0.39, 0.29) is 5.97 Å². The fourth-order valence-corrected chi connectivity index (χ4v) is 5.10. The maximum atomic E-state index is 11.7. The van der Waals surface area contributed by atoms with E-state index in [1.165, 1.54) is 88.7 Å². The lowest BCUT2D eigenvalue weighted by atomic mass is 10.0. The monoisotopic (exact) mass is 539 g/mol. The molecule has 0 radical (unpaired) electrons. The van der Waals surface area contributed by atoms with E-state index in [4.69, 9.17) is 4.74 Å². The maximum absolute atomic E-state index is 11.7. The highest BCUT2D eigenvalue weighted by Gasteiger charge is 2.12. The van der Waals surface area contributed by atoms with Gasteiger partial charge < -0.3 is 9.64 Å². The number of rotatable bonds is 19. The van der Waals surface area contributed by atoms with Gasteiger partial charge in [-0.25, -0.2) is 4.79 Å². The molecule has 0 saturated carbocycles. The lowest BCUT2D eigenvalue weighted by Gasteiger charge is -2.25. The summed E-state index contributed by atoms with van der Waals surface area (Å²) in [6.07, 6.45) is 21.0. The standard InChI is InChI=1S/C37H49NO2/c1-3-5-6-7-8-9-10-11-12-13-14-16-19-32-22-27-35(28-23-32)38(34-20-17-15-18-21-34)36-29-24-33(25-30-36)26-31-37(39)40-4-2/h15,17-18,20-31H,3-14,16,19H2,1-2H3/b31-26+. The van der Waals surface area contributed by atoms with Crippen molar-refractivity contribution in [2.75, 3.05) is 11.5 Å². The fraction of sp³-hybridized carbons (Fsp3) is 0.432. The lowest BCUT2D eigenvalue weighted by Crippen LogP contribution is -2.09. The van der Waals surface area contributed by atoms with Crippen LogP contribution in [0.5, 0.6) is 0 Å². The Kier molecular flexibility index (Phi) is 14.7. The van der Waals surface area contributed by atoms with Crippen molar-refractivity contribution in [1.29, 1.82) is 0 Å². The minimum atomic E-state index is -0.318. The van der Waals surface area contributed by atoms with E-state index in [0.717, 1.165) is 29.0 Å². The maximum Gasteiger partial charge on any atom is 0.330 e. The van der Waals surface area contributed by atoms with Crippen molar-refractivity contribution in [3.8, 4) is 0 Å². The number of anilines is 3. The first-order valence-electron chi connectivity index (χ1n) is 15.6. The summed E-state index contributed by atoms with van der Waals surface area (Å²) in [7, 11) is 0. The van der Waals surface area contributed by atoms with E-state index in [0.29, 0.717) is 6.61 Å². The smallest absolute Gasteiger partial charge is 0.330 e. The zero-order chi connectivity index (χ0) is 28.3. The van der Waals surface area contributed by atoms with Gasteiger partial charge in [0.15, 0.2) is 0 Å². The highest BCUT2D eigenvalue weighted by Crippen LogP contribution is 2.34. The molecule has 3 aromatic rings. The van der Waals surface area contributed by atoms with Crippen LogP contribution in [-0.2, 0) is 16.0 Å². The number of carbonyl (C=O) groups excluding carboxylic acids is 1. The quantitative estimate of drug-likeness (QED) is 0.0862. The number of carbonyl (C=O) groups is 1. The Hall–Kier alpha value is -3.33. The number of hydrogen-bond donors (Lipinski definition) is 0. The first-order valence-corrected chi connectivity index (χ1v) is 15.6. The SMILES string of the molecule is CCCCCCCCCCCCCCc1ccc(N(c2ccccc2)c2ccc(/C=C/C(=O)OCC)cc2)cc1. The lowest BCUT2D eigenvalue weighted by molar-refractivity contribution is -0.137. The van der Waals surface area contributed by atoms with Gasteiger partial charge in [-0.2, -0.15) is 0 Å². The molecule has 0 heterocycles. The summed E-state index contributed by atoms with van der Waals surface area (Å²) in [5, 5.41) is 0. The van der Waals surface area contributed by atoms with Crippen LogP contribution >= 0.6 is 0 Å². The minimum Gasteiger partial charge on any atom is -0.463 e. The molecule has 0 aromatic heterocycles. The van der Waals surface area contributed by atoms with Crippen LogP contribution in [0.3, 0.4) is 0 Å². The molecule has 0 aliphatic carbocycles. The van der Waals surface area contributed by atoms with Gasteiger partial charge in [0.1, 0.15) is 0 Å². The Morgan fingerprint density at radius 2 is 1.12 bits per heavy atom. The molecular formula is C37H49NO2. The second-order valence-corrected chi connectivity index (χ2v) is 10.7. The minimum absolute atomic E-state index is 0.318. The summed E-state index contributed by atoms with van der Waals surface area (Å²) >= 11 is 0. The molecule has 0 amide bonds. The molecule has 214 valence electrons. The zero-order valence-electron chi connectivity index (χ0n) is 24.8. The molecule has 0 atom stereocenters. The first-order chi connectivity index (χ1) is 19.7. The Labute approximate surface area is 243 Å². The molecule has 0 aliphatic rings. The van der Waals surface area contributed by atoms with Crippen LogP contribution in [0, 0.1) is 0 Å². The first kappa shape index (κ1) is 31.2. The predicted octanol–water partition coefficient (Wildman–Crippen LogP) is 11.0. The van der Waals surface area contributed by atoms with Gasteiger partial charge >= 0.3 is 5.97 Å². The topological polar surface area (TPSA) is 29.5 Å². The van der Waals surface area contributed by atoms with Gasteiger partial charge in [0, 0.05) is 23.1 Å². The van der Waals surface area contributed by atoms with E-state index >= 15 is 0 Å². The number of hydrogen-bond acceptors (Lipinski definition) is 3. The van der Waals surface area contributed by atoms with Crippen LogP contribution in [0.15, 0.2) is 84.9 Å². The number of nitrogens with zero attached hydrogens (tertiary/aromatic N) is 1. The molecular weight excluding hydrogens is 490 g/mol. The highest BCUT2D eigenvalue weighted by molar-refractivity contribution is 5.87. The van der Waals surface area contributed by atoms with E-state index in [2.05, 4.69) is 72.5 Å². The molecule has 40 heavy (non-hydrogen) atoms. The molecule has 0 unspecified atom stereocenters. The molecule has 0 fully saturated rings. The fourth-order valence-electron chi connectivity index (χ4n) is 5.10. The van der Waals surface area contributed by atoms with Crippen molar-refractivity contribution in [3.05, 3.63) is 96.1 Å². The van der Waals surface area contributed by atoms with Crippen LogP contribution in [-0.4, -0.2) is 12.6 Å². The van der Waals surface area contributed by atoms with Crippen LogP contribution in [0.2, 0.25) is 0 Å².